The molecule has 3 atom stereocenters. The number of rotatable bonds is 1. The first-order valence-corrected chi connectivity index (χ1v) is 3.83. The molecule has 4 nitrogen and oxygen atoms in total. The molecule has 0 bridgehead atoms. The number of aliphatic hydroxyl groups excluding tert-OH is 2. The Morgan fingerprint density at radius 1 is 1.33 bits per heavy atom. The monoisotopic (exact) mass is 174 g/mol. The van der Waals surface area contributed by atoms with Gasteiger partial charge >= 0.3 is 0 Å². The maximum absolute atomic E-state index is 9.50. The SMILES string of the molecule is CC(C)(O)[C@H]1OC=C[C@@H](O)[C@@H]1O. The van der Waals surface area contributed by atoms with Crippen molar-refractivity contribution >= 4 is 0 Å². The average molecular weight is 174 g/mol. The van der Waals surface area contributed by atoms with Crippen LogP contribution in [0.25, 0.3) is 0 Å². The zero-order valence-corrected chi connectivity index (χ0v) is 7.14. The van der Waals surface area contributed by atoms with Crippen LogP contribution in [0.15, 0.2) is 12.3 Å². The number of ether oxygens (including phenoxy) is 1. The van der Waals surface area contributed by atoms with E-state index in [-0.39, 0.29) is 0 Å². The third-order valence-electron chi connectivity index (χ3n) is 1.86. The van der Waals surface area contributed by atoms with Crippen LogP contribution in [0.1, 0.15) is 13.8 Å². The average Bonchev–Trinajstić information content (AvgIpc) is 1.92. The highest BCUT2D eigenvalue weighted by molar-refractivity contribution is 5.01. The van der Waals surface area contributed by atoms with Crippen LogP contribution in [0, 0.1) is 0 Å². The van der Waals surface area contributed by atoms with E-state index >= 15 is 0 Å². The minimum atomic E-state index is -1.16. The van der Waals surface area contributed by atoms with E-state index in [2.05, 4.69) is 0 Å². The predicted molar refractivity (Wildman–Crippen MR) is 42.3 cm³/mol. The Balaban J connectivity index is 2.74. The molecule has 0 spiro atoms. The minimum absolute atomic E-state index is 0.780. The second-order valence-electron chi connectivity index (χ2n) is 3.52. The van der Waals surface area contributed by atoms with Gasteiger partial charge in [0.15, 0.2) is 6.10 Å². The molecule has 4 heteroatoms. The van der Waals surface area contributed by atoms with Gasteiger partial charge in [-0.1, -0.05) is 0 Å². The second-order valence-corrected chi connectivity index (χ2v) is 3.52. The summed E-state index contributed by atoms with van der Waals surface area (Å²) < 4.78 is 4.98. The Labute approximate surface area is 71.1 Å². The molecular weight excluding hydrogens is 160 g/mol. The molecule has 1 aliphatic heterocycles. The molecule has 1 aliphatic rings. The first kappa shape index (κ1) is 9.51. The topological polar surface area (TPSA) is 69.9 Å². The lowest BCUT2D eigenvalue weighted by Gasteiger charge is -2.36. The van der Waals surface area contributed by atoms with Crippen LogP contribution < -0.4 is 0 Å². The highest BCUT2D eigenvalue weighted by Crippen LogP contribution is 2.22. The Morgan fingerprint density at radius 3 is 2.33 bits per heavy atom. The maximum Gasteiger partial charge on any atom is 0.154 e. The molecular formula is C8H14O4. The molecule has 70 valence electrons. The first-order valence-electron chi connectivity index (χ1n) is 3.83. The molecule has 0 fully saturated rings. The Morgan fingerprint density at radius 2 is 1.92 bits per heavy atom. The summed E-state index contributed by atoms with van der Waals surface area (Å²) in [6.07, 6.45) is -0.185. The van der Waals surface area contributed by atoms with Gasteiger partial charge in [0.25, 0.3) is 0 Å². The van der Waals surface area contributed by atoms with Crippen LogP contribution in [0.4, 0.5) is 0 Å². The molecule has 1 rings (SSSR count). The molecule has 12 heavy (non-hydrogen) atoms. The van der Waals surface area contributed by atoms with E-state index in [0.29, 0.717) is 0 Å². The van der Waals surface area contributed by atoms with Crippen molar-refractivity contribution in [3.05, 3.63) is 12.3 Å². The molecule has 0 radical (unpaired) electrons. The molecule has 0 aliphatic carbocycles. The van der Waals surface area contributed by atoms with Gasteiger partial charge in [0, 0.05) is 0 Å². The van der Waals surface area contributed by atoms with Crippen LogP contribution in [0.2, 0.25) is 0 Å². The zero-order chi connectivity index (χ0) is 9.35. The van der Waals surface area contributed by atoms with Crippen molar-refractivity contribution in [1.82, 2.24) is 0 Å². The summed E-state index contributed by atoms with van der Waals surface area (Å²) in [6.45, 7) is 3.04. The van der Waals surface area contributed by atoms with Gasteiger partial charge in [0.05, 0.1) is 11.9 Å². The van der Waals surface area contributed by atoms with Crippen LogP contribution >= 0.6 is 0 Å². The van der Waals surface area contributed by atoms with Gasteiger partial charge < -0.3 is 20.1 Å². The Bertz CT molecular complexity index is 182. The lowest BCUT2D eigenvalue weighted by Crippen LogP contribution is -2.51. The van der Waals surface area contributed by atoms with Gasteiger partial charge in [-0.15, -0.1) is 0 Å². The molecule has 0 unspecified atom stereocenters. The summed E-state index contributed by atoms with van der Waals surface area (Å²) in [7, 11) is 0. The van der Waals surface area contributed by atoms with Crippen molar-refractivity contribution in [2.75, 3.05) is 0 Å². The Kier molecular flexibility index (Phi) is 2.41. The molecule has 1 heterocycles. The van der Waals surface area contributed by atoms with Crippen molar-refractivity contribution in [1.29, 1.82) is 0 Å². The molecule has 0 aromatic carbocycles. The Hall–Kier alpha value is -0.580. The van der Waals surface area contributed by atoms with Gasteiger partial charge in [-0.25, -0.2) is 0 Å². The van der Waals surface area contributed by atoms with Crippen molar-refractivity contribution in [3.63, 3.8) is 0 Å². The molecule has 0 amide bonds. The third kappa shape index (κ3) is 1.77. The largest absolute Gasteiger partial charge is 0.492 e. The van der Waals surface area contributed by atoms with E-state index < -0.39 is 23.9 Å². The summed E-state index contributed by atoms with van der Waals surface area (Å²) in [5.74, 6) is 0. The van der Waals surface area contributed by atoms with Crippen LogP contribution in [-0.2, 0) is 4.74 Å². The summed E-state index contributed by atoms with van der Waals surface area (Å²) in [6, 6.07) is 0. The predicted octanol–water partition coefficient (Wildman–Crippen LogP) is -0.608. The van der Waals surface area contributed by atoms with Crippen molar-refractivity contribution in [2.45, 2.75) is 37.8 Å². The normalized spacial score (nSPS) is 36.2. The van der Waals surface area contributed by atoms with Crippen molar-refractivity contribution < 1.29 is 20.1 Å². The number of hydrogen-bond donors (Lipinski definition) is 3. The van der Waals surface area contributed by atoms with E-state index in [4.69, 9.17) is 4.74 Å². The van der Waals surface area contributed by atoms with Crippen LogP contribution in [0.5, 0.6) is 0 Å². The van der Waals surface area contributed by atoms with Crippen LogP contribution in [-0.4, -0.2) is 39.2 Å². The molecule has 0 aromatic rings. The smallest absolute Gasteiger partial charge is 0.154 e. The molecule has 3 N–H and O–H groups in total. The lowest BCUT2D eigenvalue weighted by molar-refractivity contribution is -0.144. The van der Waals surface area contributed by atoms with E-state index in [0.717, 1.165) is 0 Å². The highest BCUT2D eigenvalue weighted by Gasteiger charge is 2.39. The van der Waals surface area contributed by atoms with Gasteiger partial charge in [-0.05, 0) is 19.9 Å². The fraction of sp³-hybridized carbons (Fsp3) is 0.750. The molecule has 0 saturated carbocycles. The zero-order valence-electron chi connectivity index (χ0n) is 7.14. The van der Waals surface area contributed by atoms with Crippen LogP contribution in [0.3, 0.4) is 0 Å². The summed E-state index contributed by atoms with van der Waals surface area (Å²) >= 11 is 0. The minimum Gasteiger partial charge on any atom is -0.492 e. The van der Waals surface area contributed by atoms with Crippen molar-refractivity contribution in [2.24, 2.45) is 0 Å². The maximum atomic E-state index is 9.50. The fourth-order valence-electron chi connectivity index (χ4n) is 1.17. The lowest BCUT2D eigenvalue weighted by atomic mass is 9.92. The quantitative estimate of drug-likeness (QED) is 0.496. The van der Waals surface area contributed by atoms with E-state index in [9.17, 15) is 15.3 Å². The third-order valence-corrected chi connectivity index (χ3v) is 1.86. The van der Waals surface area contributed by atoms with Gasteiger partial charge in [-0.3, -0.25) is 0 Å². The highest BCUT2D eigenvalue weighted by atomic mass is 16.5. The molecule has 0 aromatic heterocycles. The first-order chi connectivity index (χ1) is 5.43. The number of aliphatic hydroxyl groups is 3. The van der Waals surface area contributed by atoms with E-state index in [1.807, 2.05) is 0 Å². The van der Waals surface area contributed by atoms with Gasteiger partial charge in [0.2, 0.25) is 0 Å². The number of hydrogen-bond acceptors (Lipinski definition) is 4. The van der Waals surface area contributed by atoms with E-state index in [1.54, 1.807) is 0 Å². The van der Waals surface area contributed by atoms with Gasteiger partial charge in [-0.2, -0.15) is 0 Å². The van der Waals surface area contributed by atoms with Gasteiger partial charge in [0.1, 0.15) is 12.2 Å². The van der Waals surface area contributed by atoms with Crippen molar-refractivity contribution in [3.8, 4) is 0 Å². The summed E-state index contributed by atoms with van der Waals surface area (Å²) in [5, 5.41) is 28.1. The standard InChI is InChI=1S/C8H14O4/c1-8(2,11)7-6(10)5(9)3-4-12-7/h3-7,9-11H,1-2H3/t5-,6+,7+/m1/s1. The fourth-order valence-corrected chi connectivity index (χ4v) is 1.17. The second kappa shape index (κ2) is 3.05. The summed E-state index contributed by atoms with van der Waals surface area (Å²) in [4.78, 5) is 0. The van der Waals surface area contributed by atoms with E-state index in [1.165, 1.54) is 26.2 Å². The molecule has 0 saturated heterocycles. The summed E-state index contributed by atoms with van der Waals surface area (Å²) in [5.41, 5.74) is -1.16.